The monoisotopic (exact) mass is 305 g/mol. The Kier molecular flexibility index (Phi) is 4.59. The minimum Gasteiger partial charge on any atom is -0.381 e. The molecule has 0 aliphatic rings. The van der Waals surface area contributed by atoms with Crippen molar-refractivity contribution in [3.05, 3.63) is 53.9 Å². The summed E-state index contributed by atoms with van der Waals surface area (Å²) >= 11 is 0. The van der Waals surface area contributed by atoms with Crippen LogP contribution in [0.1, 0.15) is 11.3 Å². The lowest BCUT2D eigenvalue weighted by molar-refractivity contribution is 0.521. The molecule has 21 heavy (non-hydrogen) atoms. The second-order valence-corrected chi connectivity index (χ2v) is 7.13. The Bertz CT molecular complexity index is 693. The lowest BCUT2D eigenvalue weighted by atomic mass is 10.2. The van der Waals surface area contributed by atoms with E-state index in [1.165, 1.54) is 18.4 Å². The quantitative estimate of drug-likeness (QED) is 0.920. The van der Waals surface area contributed by atoms with Crippen molar-refractivity contribution in [1.29, 1.82) is 0 Å². The van der Waals surface area contributed by atoms with Crippen molar-refractivity contribution in [2.24, 2.45) is 0 Å². The zero-order chi connectivity index (χ0) is 15.5. The van der Waals surface area contributed by atoms with Crippen LogP contribution in [-0.2, 0) is 16.6 Å². The largest absolute Gasteiger partial charge is 0.381 e. The summed E-state index contributed by atoms with van der Waals surface area (Å²) < 4.78 is 25.1. The number of aromatic nitrogens is 1. The zero-order valence-electron chi connectivity index (χ0n) is 12.4. The van der Waals surface area contributed by atoms with Crippen LogP contribution >= 0.6 is 0 Å². The summed E-state index contributed by atoms with van der Waals surface area (Å²) in [6.07, 6.45) is 1.83. The van der Waals surface area contributed by atoms with Crippen LogP contribution in [0.5, 0.6) is 0 Å². The number of benzene rings is 1. The van der Waals surface area contributed by atoms with Gasteiger partial charge < -0.3 is 5.32 Å². The average Bonchev–Trinajstić information content (AvgIpc) is 2.47. The van der Waals surface area contributed by atoms with Gasteiger partial charge in [-0.1, -0.05) is 6.07 Å². The zero-order valence-corrected chi connectivity index (χ0v) is 13.2. The molecule has 6 heteroatoms. The molecule has 0 saturated carbocycles. The highest BCUT2D eigenvalue weighted by atomic mass is 32.2. The molecular weight excluding hydrogens is 286 g/mol. The number of aryl methyl sites for hydroxylation is 1. The maximum absolute atomic E-state index is 12.0. The van der Waals surface area contributed by atoms with Crippen LogP contribution < -0.4 is 5.32 Å². The predicted octanol–water partition coefficient (Wildman–Crippen LogP) is 2.25. The number of hydrogen-bond acceptors (Lipinski definition) is 4. The number of nitrogens with one attached hydrogen (secondary N) is 1. The van der Waals surface area contributed by atoms with E-state index in [0.29, 0.717) is 6.54 Å². The summed E-state index contributed by atoms with van der Waals surface area (Å²) in [7, 11) is -0.331. The molecule has 112 valence electrons. The van der Waals surface area contributed by atoms with Crippen LogP contribution in [0.3, 0.4) is 0 Å². The first kappa shape index (κ1) is 15.5. The van der Waals surface area contributed by atoms with Gasteiger partial charge in [-0.25, -0.2) is 12.7 Å². The molecule has 5 nitrogen and oxygen atoms in total. The van der Waals surface area contributed by atoms with Crippen molar-refractivity contribution in [2.45, 2.75) is 18.4 Å². The van der Waals surface area contributed by atoms with Gasteiger partial charge in [0, 0.05) is 38.2 Å². The third-order valence-electron chi connectivity index (χ3n) is 3.10. The topological polar surface area (TPSA) is 62.3 Å². The van der Waals surface area contributed by atoms with Gasteiger partial charge in [0.05, 0.1) is 4.90 Å². The molecule has 2 rings (SSSR count). The molecule has 0 aliphatic heterocycles. The number of anilines is 1. The van der Waals surface area contributed by atoms with E-state index in [2.05, 4.69) is 10.3 Å². The smallest absolute Gasteiger partial charge is 0.242 e. The molecule has 2 aromatic rings. The second kappa shape index (κ2) is 6.24. The van der Waals surface area contributed by atoms with Crippen LogP contribution in [0, 0.1) is 6.92 Å². The lowest BCUT2D eigenvalue weighted by Crippen LogP contribution is -2.22. The highest BCUT2D eigenvalue weighted by molar-refractivity contribution is 7.89. The normalized spacial score (nSPS) is 11.6. The molecule has 0 atom stereocenters. The Labute approximate surface area is 125 Å². The van der Waals surface area contributed by atoms with Gasteiger partial charge in [0.1, 0.15) is 0 Å². The van der Waals surface area contributed by atoms with Crippen LogP contribution in [0.15, 0.2) is 47.5 Å². The fraction of sp³-hybridized carbons (Fsp3) is 0.267. The number of hydrogen-bond donors (Lipinski definition) is 1. The Hall–Kier alpha value is -1.92. The van der Waals surface area contributed by atoms with Gasteiger partial charge in [0.25, 0.3) is 0 Å². The third-order valence-corrected chi connectivity index (χ3v) is 4.93. The van der Waals surface area contributed by atoms with Crippen LogP contribution in [0.4, 0.5) is 5.69 Å². The van der Waals surface area contributed by atoms with Crippen molar-refractivity contribution >= 4 is 15.7 Å². The molecule has 0 amide bonds. The van der Waals surface area contributed by atoms with E-state index in [4.69, 9.17) is 0 Å². The first-order chi connectivity index (χ1) is 9.89. The fourth-order valence-electron chi connectivity index (χ4n) is 1.76. The minimum atomic E-state index is -3.37. The van der Waals surface area contributed by atoms with Crippen molar-refractivity contribution in [1.82, 2.24) is 9.29 Å². The SMILES string of the molecule is Cc1ccc(CNc2ccc(S(=O)(=O)N(C)C)cc2)cn1. The van der Waals surface area contributed by atoms with E-state index in [0.717, 1.165) is 16.9 Å². The highest BCUT2D eigenvalue weighted by Crippen LogP contribution is 2.17. The summed E-state index contributed by atoms with van der Waals surface area (Å²) in [6, 6.07) is 10.7. The molecule has 0 radical (unpaired) electrons. The minimum absolute atomic E-state index is 0.287. The maximum atomic E-state index is 12.0. The molecule has 0 unspecified atom stereocenters. The standard InChI is InChI=1S/C15H19N3O2S/c1-12-4-5-13(10-16-12)11-17-14-6-8-15(9-7-14)21(19,20)18(2)3/h4-10,17H,11H2,1-3H3. The molecule has 0 saturated heterocycles. The first-order valence-corrected chi connectivity index (χ1v) is 8.01. The van der Waals surface area contributed by atoms with E-state index < -0.39 is 10.0 Å². The van der Waals surface area contributed by atoms with Gasteiger partial charge in [0.2, 0.25) is 10.0 Å². The second-order valence-electron chi connectivity index (χ2n) is 4.97. The molecule has 0 bridgehead atoms. The van der Waals surface area contributed by atoms with E-state index in [-0.39, 0.29) is 4.90 Å². The van der Waals surface area contributed by atoms with Gasteiger partial charge in [-0.3, -0.25) is 4.98 Å². The van der Waals surface area contributed by atoms with E-state index >= 15 is 0 Å². The molecule has 0 spiro atoms. The van der Waals surface area contributed by atoms with E-state index in [9.17, 15) is 8.42 Å². The van der Waals surface area contributed by atoms with Gasteiger partial charge in [0.15, 0.2) is 0 Å². The summed E-state index contributed by atoms with van der Waals surface area (Å²) in [4.78, 5) is 4.52. The summed E-state index contributed by atoms with van der Waals surface area (Å²) in [6.45, 7) is 2.59. The molecule has 1 aromatic heterocycles. The van der Waals surface area contributed by atoms with E-state index in [1.807, 2.05) is 25.3 Å². The Morgan fingerprint density at radius 1 is 1.10 bits per heavy atom. The summed E-state index contributed by atoms with van der Waals surface area (Å²) in [5, 5.41) is 3.24. The maximum Gasteiger partial charge on any atom is 0.242 e. The van der Waals surface area contributed by atoms with Gasteiger partial charge in [-0.15, -0.1) is 0 Å². The van der Waals surface area contributed by atoms with Crippen molar-refractivity contribution < 1.29 is 8.42 Å². The molecular formula is C15H19N3O2S. The molecule has 1 aromatic carbocycles. The van der Waals surface area contributed by atoms with Crippen molar-refractivity contribution in [2.75, 3.05) is 19.4 Å². The number of sulfonamides is 1. The summed E-state index contributed by atoms with van der Waals surface area (Å²) in [5.41, 5.74) is 2.93. The Morgan fingerprint density at radius 3 is 2.29 bits per heavy atom. The summed E-state index contributed by atoms with van der Waals surface area (Å²) in [5.74, 6) is 0. The lowest BCUT2D eigenvalue weighted by Gasteiger charge is -2.12. The van der Waals surface area contributed by atoms with Crippen LogP contribution in [0.25, 0.3) is 0 Å². The number of pyridine rings is 1. The van der Waals surface area contributed by atoms with Crippen LogP contribution in [0.2, 0.25) is 0 Å². The molecule has 1 heterocycles. The molecule has 1 N–H and O–H groups in total. The Morgan fingerprint density at radius 2 is 1.76 bits per heavy atom. The van der Waals surface area contributed by atoms with E-state index in [1.54, 1.807) is 24.3 Å². The van der Waals surface area contributed by atoms with Crippen molar-refractivity contribution in [3.63, 3.8) is 0 Å². The predicted molar refractivity (Wildman–Crippen MR) is 83.6 cm³/mol. The Balaban J connectivity index is 2.05. The van der Waals surface area contributed by atoms with Gasteiger partial charge in [-0.05, 0) is 42.8 Å². The number of rotatable bonds is 5. The third kappa shape index (κ3) is 3.80. The van der Waals surface area contributed by atoms with Crippen LogP contribution in [-0.4, -0.2) is 31.8 Å². The molecule has 0 fully saturated rings. The highest BCUT2D eigenvalue weighted by Gasteiger charge is 2.16. The fourth-order valence-corrected chi connectivity index (χ4v) is 2.66. The molecule has 0 aliphatic carbocycles. The van der Waals surface area contributed by atoms with Gasteiger partial charge >= 0.3 is 0 Å². The van der Waals surface area contributed by atoms with Gasteiger partial charge in [-0.2, -0.15) is 0 Å². The number of nitrogens with zero attached hydrogens (tertiary/aromatic N) is 2. The van der Waals surface area contributed by atoms with Crippen molar-refractivity contribution in [3.8, 4) is 0 Å². The average molecular weight is 305 g/mol. The first-order valence-electron chi connectivity index (χ1n) is 6.57.